The van der Waals surface area contributed by atoms with Crippen molar-refractivity contribution in [3.63, 3.8) is 0 Å². The van der Waals surface area contributed by atoms with Crippen molar-refractivity contribution < 1.29 is 0 Å². The summed E-state index contributed by atoms with van der Waals surface area (Å²) in [6.07, 6.45) is 2.99. The van der Waals surface area contributed by atoms with Crippen LogP contribution in [0.15, 0.2) is 18.3 Å². The first-order valence-electron chi connectivity index (χ1n) is 5.26. The fourth-order valence-electron chi connectivity index (χ4n) is 1.15. The van der Waals surface area contributed by atoms with E-state index in [0.717, 1.165) is 23.5 Å². The van der Waals surface area contributed by atoms with Gasteiger partial charge in [0.05, 0.1) is 12.1 Å². The van der Waals surface area contributed by atoms with E-state index >= 15 is 0 Å². The molecule has 0 aromatic carbocycles. The third-order valence-corrected chi connectivity index (χ3v) is 1.65. The number of H-pyrrole nitrogens is 1. The maximum absolute atomic E-state index is 4.27. The van der Waals surface area contributed by atoms with E-state index in [0.29, 0.717) is 0 Å². The van der Waals surface area contributed by atoms with Crippen LogP contribution in [-0.2, 0) is 6.54 Å². The van der Waals surface area contributed by atoms with Crippen LogP contribution in [0.2, 0.25) is 0 Å². The fraction of sp³-hybridized carbons (Fsp3) is 0.455. The summed E-state index contributed by atoms with van der Waals surface area (Å²) in [5.41, 5.74) is 1.77. The van der Waals surface area contributed by atoms with E-state index in [9.17, 15) is 0 Å². The van der Waals surface area contributed by atoms with Crippen LogP contribution >= 0.6 is 0 Å². The van der Waals surface area contributed by atoms with Gasteiger partial charge in [-0.25, -0.2) is 9.97 Å². The number of aromatic nitrogens is 3. The van der Waals surface area contributed by atoms with Crippen LogP contribution in [0.25, 0.3) is 11.2 Å². The number of nitrogens with one attached hydrogen (secondary N) is 2. The highest BCUT2D eigenvalue weighted by Crippen LogP contribution is 2.06. The molecule has 0 aliphatic rings. The van der Waals surface area contributed by atoms with Crippen LogP contribution < -0.4 is 5.32 Å². The van der Waals surface area contributed by atoms with Crippen molar-refractivity contribution in [1.29, 1.82) is 0 Å². The molecule has 0 atom stereocenters. The molecule has 0 unspecified atom stereocenters. The van der Waals surface area contributed by atoms with Gasteiger partial charge in [0.1, 0.15) is 5.82 Å². The summed E-state index contributed by atoms with van der Waals surface area (Å²) in [5, 5.41) is 3.02. The van der Waals surface area contributed by atoms with Crippen LogP contribution in [0.5, 0.6) is 0 Å². The quantitative estimate of drug-likeness (QED) is 0.791. The molecule has 0 bridgehead atoms. The van der Waals surface area contributed by atoms with Crippen LogP contribution in [0.3, 0.4) is 0 Å². The molecule has 2 heterocycles. The van der Waals surface area contributed by atoms with E-state index in [1.165, 1.54) is 6.42 Å². The van der Waals surface area contributed by atoms with Gasteiger partial charge in [0.15, 0.2) is 5.65 Å². The molecule has 0 aliphatic carbocycles. The lowest BCUT2D eigenvalue weighted by Gasteiger charge is -1.89. The molecule has 82 valence electrons. The summed E-state index contributed by atoms with van der Waals surface area (Å²) < 4.78 is 0. The second kappa shape index (κ2) is 6.14. The number of hydrogen-bond donors (Lipinski definition) is 2. The lowest BCUT2D eigenvalue weighted by Crippen LogP contribution is -2.06. The molecule has 0 radical (unpaired) electrons. The molecule has 2 N–H and O–H groups in total. The number of imidazole rings is 1. The summed E-state index contributed by atoms with van der Waals surface area (Å²) in [4.78, 5) is 11.5. The zero-order valence-electron chi connectivity index (χ0n) is 9.54. The third-order valence-electron chi connectivity index (χ3n) is 1.65. The van der Waals surface area contributed by atoms with E-state index in [1.54, 1.807) is 6.20 Å². The van der Waals surface area contributed by atoms with Gasteiger partial charge in [-0.1, -0.05) is 20.3 Å². The van der Waals surface area contributed by atoms with Crippen molar-refractivity contribution >= 4 is 11.2 Å². The van der Waals surface area contributed by atoms with Gasteiger partial charge in [-0.05, 0) is 19.2 Å². The van der Waals surface area contributed by atoms with Gasteiger partial charge in [0.25, 0.3) is 0 Å². The summed E-state index contributed by atoms with van der Waals surface area (Å²) in [6, 6.07) is 3.86. The molecular weight excluding hydrogens is 188 g/mol. The Kier molecular flexibility index (Phi) is 4.77. The van der Waals surface area contributed by atoms with E-state index in [4.69, 9.17) is 0 Å². The Bertz CT molecular complexity index is 361. The molecule has 0 saturated heterocycles. The second-order valence-electron chi connectivity index (χ2n) is 3.30. The molecule has 2 aromatic rings. The van der Waals surface area contributed by atoms with Gasteiger partial charge < -0.3 is 10.3 Å². The first-order valence-corrected chi connectivity index (χ1v) is 5.26. The molecule has 0 saturated carbocycles. The number of aromatic amines is 1. The molecule has 4 heteroatoms. The minimum atomic E-state index is 0.746. The monoisotopic (exact) mass is 206 g/mol. The zero-order valence-corrected chi connectivity index (χ0v) is 9.54. The Balaban J connectivity index is 0.000000337. The fourth-order valence-corrected chi connectivity index (χ4v) is 1.15. The normalized spacial score (nSPS) is 9.80. The molecule has 15 heavy (non-hydrogen) atoms. The highest BCUT2D eigenvalue weighted by molar-refractivity contribution is 5.69. The first kappa shape index (κ1) is 11.7. The summed E-state index contributed by atoms with van der Waals surface area (Å²) in [6.45, 7) is 5.00. The zero-order chi connectivity index (χ0) is 11.1. The smallest absolute Gasteiger partial charge is 0.177 e. The topological polar surface area (TPSA) is 53.6 Å². The van der Waals surface area contributed by atoms with Crippen molar-refractivity contribution in [2.24, 2.45) is 0 Å². The maximum Gasteiger partial charge on any atom is 0.177 e. The van der Waals surface area contributed by atoms with Gasteiger partial charge in [-0.15, -0.1) is 0 Å². The van der Waals surface area contributed by atoms with Crippen LogP contribution in [0.4, 0.5) is 0 Å². The lowest BCUT2D eigenvalue weighted by atomic mass is 10.4. The van der Waals surface area contributed by atoms with E-state index < -0.39 is 0 Å². The van der Waals surface area contributed by atoms with Crippen molar-refractivity contribution in [2.45, 2.75) is 26.8 Å². The number of fused-ring (bicyclic) bond motifs is 1. The lowest BCUT2D eigenvalue weighted by molar-refractivity contribution is 0.774. The average molecular weight is 206 g/mol. The largest absolute Gasteiger partial charge is 0.340 e. The first-order chi connectivity index (χ1) is 7.31. The molecule has 2 rings (SSSR count). The third kappa shape index (κ3) is 3.32. The molecule has 0 amide bonds. The number of hydrogen-bond acceptors (Lipinski definition) is 3. The minimum Gasteiger partial charge on any atom is -0.340 e. The number of nitrogens with zero attached hydrogens (tertiary/aromatic N) is 2. The number of rotatable bonds is 2. The van der Waals surface area contributed by atoms with Crippen LogP contribution in [-0.4, -0.2) is 22.0 Å². The van der Waals surface area contributed by atoms with E-state index in [-0.39, 0.29) is 0 Å². The van der Waals surface area contributed by atoms with Gasteiger partial charge in [-0.3, -0.25) is 0 Å². The van der Waals surface area contributed by atoms with Crippen LogP contribution in [0, 0.1) is 0 Å². The summed E-state index contributed by atoms with van der Waals surface area (Å²) >= 11 is 0. The predicted molar refractivity (Wildman–Crippen MR) is 62.6 cm³/mol. The standard InChI is InChI=1S/C8H10N4.C3H8/c1-9-5-7-11-6-3-2-4-10-8(6)12-7;1-3-2/h2-4,9H,5H2,1H3,(H,10,11,12);3H2,1-2H3. The van der Waals surface area contributed by atoms with Gasteiger partial charge in [0.2, 0.25) is 0 Å². The van der Waals surface area contributed by atoms with Crippen molar-refractivity contribution in [3.05, 3.63) is 24.2 Å². The Hall–Kier alpha value is -1.42. The highest BCUT2D eigenvalue weighted by atomic mass is 15.0. The minimum absolute atomic E-state index is 0.746. The average Bonchev–Trinajstić information content (AvgIpc) is 2.61. The Morgan fingerprint density at radius 2 is 2.13 bits per heavy atom. The Morgan fingerprint density at radius 3 is 2.73 bits per heavy atom. The molecule has 0 aliphatic heterocycles. The van der Waals surface area contributed by atoms with Crippen molar-refractivity contribution in [1.82, 2.24) is 20.3 Å². The second-order valence-corrected chi connectivity index (χ2v) is 3.30. The SMILES string of the molecule is CCC.CNCc1nc2ncccc2[nH]1. The molecule has 0 fully saturated rings. The van der Waals surface area contributed by atoms with E-state index in [1.807, 2.05) is 19.2 Å². The summed E-state index contributed by atoms with van der Waals surface area (Å²) in [7, 11) is 1.89. The van der Waals surface area contributed by atoms with Crippen molar-refractivity contribution in [3.8, 4) is 0 Å². The molecular formula is C11H18N4. The molecule has 0 spiro atoms. The maximum atomic E-state index is 4.27. The summed E-state index contributed by atoms with van der Waals surface area (Å²) in [5.74, 6) is 0.922. The van der Waals surface area contributed by atoms with Crippen LogP contribution in [0.1, 0.15) is 26.1 Å². The number of pyridine rings is 1. The van der Waals surface area contributed by atoms with Gasteiger partial charge >= 0.3 is 0 Å². The highest BCUT2D eigenvalue weighted by Gasteiger charge is 2.00. The van der Waals surface area contributed by atoms with E-state index in [2.05, 4.69) is 34.1 Å². The Morgan fingerprint density at radius 1 is 1.40 bits per heavy atom. The molecule has 2 aromatic heterocycles. The predicted octanol–water partition coefficient (Wildman–Crippen LogP) is 2.09. The Labute approximate surface area is 90.1 Å². The van der Waals surface area contributed by atoms with Gasteiger partial charge in [0, 0.05) is 6.20 Å². The molecule has 4 nitrogen and oxygen atoms in total. The van der Waals surface area contributed by atoms with Gasteiger partial charge in [-0.2, -0.15) is 0 Å². The van der Waals surface area contributed by atoms with Crippen molar-refractivity contribution in [2.75, 3.05) is 7.05 Å².